The number of fused-ring (bicyclic) bond motifs is 1. The van der Waals surface area contributed by atoms with Gasteiger partial charge in [-0.05, 0) is 24.9 Å². The van der Waals surface area contributed by atoms with Gasteiger partial charge in [0.05, 0.1) is 6.04 Å². The van der Waals surface area contributed by atoms with E-state index in [0.29, 0.717) is 6.61 Å². The number of nitrogens with zero attached hydrogens (tertiary/aromatic N) is 1. The highest BCUT2D eigenvalue weighted by molar-refractivity contribution is 5.37. The maximum Gasteiger partial charge on any atom is 0.125 e. The first kappa shape index (κ1) is 12.0. The van der Waals surface area contributed by atoms with Crippen LogP contribution in [-0.2, 0) is 0 Å². The third-order valence-corrected chi connectivity index (χ3v) is 4.38. The topological polar surface area (TPSA) is 32.7 Å². The molecule has 1 aromatic carbocycles. The van der Waals surface area contributed by atoms with E-state index in [2.05, 4.69) is 11.8 Å². The normalized spacial score (nSPS) is 32.0. The van der Waals surface area contributed by atoms with E-state index >= 15 is 0 Å². The van der Waals surface area contributed by atoms with Gasteiger partial charge in [0.1, 0.15) is 18.5 Å². The summed E-state index contributed by atoms with van der Waals surface area (Å²) in [5.41, 5.74) is 0.939. The van der Waals surface area contributed by atoms with Gasteiger partial charge in [-0.15, -0.1) is 0 Å². The Morgan fingerprint density at radius 2 is 2.22 bits per heavy atom. The lowest BCUT2D eigenvalue weighted by Gasteiger charge is -2.36. The van der Waals surface area contributed by atoms with Crippen LogP contribution < -0.4 is 4.74 Å². The molecule has 2 aliphatic heterocycles. The predicted molar refractivity (Wildman–Crippen MR) is 70.7 cm³/mol. The summed E-state index contributed by atoms with van der Waals surface area (Å²) in [6.45, 7) is 5.04. The Hall–Kier alpha value is -1.06. The molecule has 3 nitrogen and oxygen atoms in total. The molecule has 18 heavy (non-hydrogen) atoms. The summed E-state index contributed by atoms with van der Waals surface area (Å²) < 4.78 is 5.79. The van der Waals surface area contributed by atoms with E-state index in [1.54, 1.807) is 0 Å². The largest absolute Gasteiger partial charge is 0.491 e. The molecule has 1 fully saturated rings. The summed E-state index contributed by atoms with van der Waals surface area (Å²) in [6, 6.07) is 7.95. The molecule has 3 atom stereocenters. The summed E-state index contributed by atoms with van der Waals surface area (Å²) in [4.78, 5) is 2.40. The Morgan fingerprint density at radius 1 is 1.39 bits per heavy atom. The standard InChI is InChI=1S/C15H21NO2/c1-2-11-7-8-16(9-11)13-10-18-14-6-4-3-5-12(14)15(13)17/h3-6,11,13,15,17H,2,7-10H2,1H3. The van der Waals surface area contributed by atoms with Gasteiger partial charge in [-0.2, -0.15) is 0 Å². The highest BCUT2D eigenvalue weighted by Gasteiger charge is 2.36. The van der Waals surface area contributed by atoms with Crippen LogP contribution in [0.4, 0.5) is 0 Å². The fourth-order valence-electron chi connectivity index (χ4n) is 3.13. The molecule has 1 aromatic rings. The number of hydrogen-bond acceptors (Lipinski definition) is 3. The van der Waals surface area contributed by atoms with Crippen LogP contribution in [0.5, 0.6) is 5.75 Å². The summed E-state index contributed by atoms with van der Waals surface area (Å²) in [7, 11) is 0. The second kappa shape index (κ2) is 4.90. The van der Waals surface area contributed by atoms with Crippen LogP contribution in [0.1, 0.15) is 31.4 Å². The zero-order chi connectivity index (χ0) is 12.5. The molecule has 0 aliphatic carbocycles. The van der Waals surface area contributed by atoms with Crippen LogP contribution in [0.15, 0.2) is 24.3 Å². The van der Waals surface area contributed by atoms with E-state index in [9.17, 15) is 5.11 Å². The van der Waals surface area contributed by atoms with Crippen molar-refractivity contribution in [2.45, 2.75) is 31.9 Å². The molecule has 0 radical (unpaired) electrons. The van der Waals surface area contributed by atoms with Gasteiger partial charge >= 0.3 is 0 Å². The molecule has 3 rings (SSSR count). The Kier molecular flexibility index (Phi) is 3.27. The second-order valence-electron chi connectivity index (χ2n) is 5.42. The summed E-state index contributed by atoms with van der Waals surface area (Å²) >= 11 is 0. The molecule has 0 bridgehead atoms. The average Bonchev–Trinajstić information content (AvgIpc) is 2.88. The monoisotopic (exact) mass is 247 g/mol. The van der Waals surface area contributed by atoms with E-state index in [1.807, 2.05) is 24.3 Å². The van der Waals surface area contributed by atoms with Crippen molar-refractivity contribution in [3.63, 3.8) is 0 Å². The quantitative estimate of drug-likeness (QED) is 0.869. The molecule has 0 amide bonds. The van der Waals surface area contributed by atoms with Crippen LogP contribution in [0.3, 0.4) is 0 Å². The zero-order valence-corrected chi connectivity index (χ0v) is 10.9. The number of aliphatic hydroxyl groups is 1. The predicted octanol–water partition coefficient (Wildman–Crippen LogP) is 2.21. The molecule has 0 spiro atoms. The van der Waals surface area contributed by atoms with Crippen LogP contribution in [0.2, 0.25) is 0 Å². The van der Waals surface area contributed by atoms with Gasteiger partial charge in [0, 0.05) is 12.1 Å². The highest BCUT2D eigenvalue weighted by Crippen LogP contribution is 2.35. The Morgan fingerprint density at radius 3 is 3.00 bits per heavy atom. The number of benzene rings is 1. The van der Waals surface area contributed by atoms with Crippen molar-refractivity contribution in [3.05, 3.63) is 29.8 Å². The van der Waals surface area contributed by atoms with Crippen molar-refractivity contribution in [1.82, 2.24) is 4.90 Å². The van der Waals surface area contributed by atoms with Crippen molar-refractivity contribution >= 4 is 0 Å². The van der Waals surface area contributed by atoms with Crippen LogP contribution in [0.25, 0.3) is 0 Å². The summed E-state index contributed by atoms with van der Waals surface area (Å²) in [5.74, 6) is 1.63. The lowest BCUT2D eigenvalue weighted by atomic mass is 9.98. The molecule has 2 aliphatic rings. The third kappa shape index (κ3) is 2.02. The number of aliphatic hydroxyl groups excluding tert-OH is 1. The molecule has 0 saturated carbocycles. The first-order chi connectivity index (χ1) is 8.79. The molecule has 0 aromatic heterocycles. The van der Waals surface area contributed by atoms with Gasteiger partial charge in [0.25, 0.3) is 0 Å². The van der Waals surface area contributed by atoms with E-state index in [0.717, 1.165) is 30.3 Å². The molecule has 1 saturated heterocycles. The van der Waals surface area contributed by atoms with Crippen molar-refractivity contribution in [2.24, 2.45) is 5.92 Å². The number of hydrogen-bond donors (Lipinski definition) is 1. The van der Waals surface area contributed by atoms with Crippen LogP contribution in [0, 0.1) is 5.92 Å². The lowest BCUT2D eigenvalue weighted by molar-refractivity contribution is 0.0124. The molecule has 2 heterocycles. The first-order valence-corrected chi connectivity index (χ1v) is 6.93. The van der Waals surface area contributed by atoms with Gasteiger partial charge in [-0.3, -0.25) is 4.90 Å². The highest BCUT2D eigenvalue weighted by atomic mass is 16.5. The van der Waals surface area contributed by atoms with Crippen LogP contribution >= 0.6 is 0 Å². The Bertz CT molecular complexity index is 421. The minimum Gasteiger partial charge on any atom is -0.491 e. The Labute approximate surface area is 108 Å². The zero-order valence-electron chi connectivity index (χ0n) is 10.9. The van der Waals surface area contributed by atoms with Gasteiger partial charge in [-0.25, -0.2) is 0 Å². The molecule has 3 heteroatoms. The SMILES string of the molecule is CCC1CCN(C2COc3ccccc3C2O)C1. The fraction of sp³-hybridized carbons (Fsp3) is 0.600. The second-order valence-corrected chi connectivity index (χ2v) is 5.42. The fourth-order valence-corrected chi connectivity index (χ4v) is 3.13. The molecule has 1 N–H and O–H groups in total. The maximum absolute atomic E-state index is 10.5. The van der Waals surface area contributed by atoms with Gasteiger partial charge < -0.3 is 9.84 Å². The van der Waals surface area contributed by atoms with E-state index in [4.69, 9.17) is 4.74 Å². The number of ether oxygens (including phenoxy) is 1. The van der Waals surface area contributed by atoms with Crippen molar-refractivity contribution in [2.75, 3.05) is 19.7 Å². The third-order valence-electron chi connectivity index (χ3n) is 4.38. The minimum atomic E-state index is -0.412. The number of para-hydroxylation sites is 1. The minimum absolute atomic E-state index is 0.122. The lowest BCUT2D eigenvalue weighted by Crippen LogP contribution is -2.44. The van der Waals surface area contributed by atoms with E-state index in [1.165, 1.54) is 12.8 Å². The average molecular weight is 247 g/mol. The van der Waals surface area contributed by atoms with Crippen LogP contribution in [-0.4, -0.2) is 35.7 Å². The Balaban J connectivity index is 1.77. The van der Waals surface area contributed by atoms with Crippen molar-refractivity contribution in [3.8, 4) is 5.75 Å². The number of likely N-dealkylation sites (tertiary alicyclic amines) is 1. The van der Waals surface area contributed by atoms with E-state index < -0.39 is 6.10 Å². The van der Waals surface area contributed by atoms with Crippen molar-refractivity contribution < 1.29 is 9.84 Å². The summed E-state index contributed by atoms with van der Waals surface area (Å²) in [6.07, 6.45) is 2.07. The molecule has 3 unspecified atom stereocenters. The summed E-state index contributed by atoms with van der Waals surface area (Å²) in [5, 5.41) is 10.5. The number of rotatable bonds is 2. The van der Waals surface area contributed by atoms with Gasteiger partial charge in [0.2, 0.25) is 0 Å². The molecular formula is C15H21NO2. The first-order valence-electron chi connectivity index (χ1n) is 6.93. The van der Waals surface area contributed by atoms with Gasteiger partial charge in [-0.1, -0.05) is 31.5 Å². The smallest absolute Gasteiger partial charge is 0.125 e. The molecule has 98 valence electrons. The maximum atomic E-state index is 10.5. The van der Waals surface area contributed by atoms with Gasteiger partial charge in [0.15, 0.2) is 0 Å². The van der Waals surface area contributed by atoms with Crippen molar-refractivity contribution in [1.29, 1.82) is 0 Å². The van der Waals surface area contributed by atoms with E-state index in [-0.39, 0.29) is 6.04 Å². The molecular weight excluding hydrogens is 226 g/mol.